The number of alkyl halides is 1. The molecule has 0 saturated carbocycles. The van der Waals surface area contributed by atoms with E-state index in [-0.39, 0.29) is 10.7 Å². The minimum Gasteiger partial charge on any atom is -0.460 e. The van der Waals surface area contributed by atoms with Crippen LogP contribution in [0, 0.1) is 5.92 Å². The summed E-state index contributed by atoms with van der Waals surface area (Å²) >= 11 is 1.95. The van der Waals surface area contributed by atoms with Gasteiger partial charge in [-0.1, -0.05) is 12.7 Å². The topological polar surface area (TPSA) is 90.9 Å². The van der Waals surface area contributed by atoms with E-state index in [1.807, 2.05) is 22.6 Å². The van der Waals surface area contributed by atoms with E-state index in [9.17, 15) is 14.4 Å². The van der Waals surface area contributed by atoms with Crippen molar-refractivity contribution in [3.63, 3.8) is 0 Å². The summed E-state index contributed by atoms with van der Waals surface area (Å²) in [6.07, 6.45) is 0.914. The molecule has 1 fully saturated rings. The van der Waals surface area contributed by atoms with E-state index in [2.05, 4.69) is 11.9 Å². The van der Waals surface area contributed by atoms with Crippen molar-refractivity contribution in [3.8, 4) is 0 Å². The zero-order valence-corrected chi connectivity index (χ0v) is 14.9. The second kappa shape index (κ2) is 7.80. The number of esters is 2. The predicted molar refractivity (Wildman–Crippen MR) is 86.3 cm³/mol. The molecule has 0 aromatic rings. The van der Waals surface area contributed by atoms with E-state index in [0.717, 1.165) is 0 Å². The number of carbonyl (C=O) groups is 3. The fourth-order valence-corrected chi connectivity index (χ4v) is 2.62. The highest BCUT2D eigenvalue weighted by atomic mass is 127. The van der Waals surface area contributed by atoms with Gasteiger partial charge in [0.2, 0.25) is 0 Å². The van der Waals surface area contributed by atoms with Gasteiger partial charge >= 0.3 is 18.0 Å². The van der Waals surface area contributed by atoms with Gasteiger partial charge in [0.25, 0.3) is 0 Å². The van der Waals surface area contributed by atoms with Gasteiger partial charge in [0.15, 0.2) is 4.11 Å². The smallest absolute Gasteiger partial charge is 0.408 e. The molecule has 3 atom stereocenters. The molecule has 0 aromatic carbocycles. The first-order valence-electron chi connectivity index (χ1n) is 6.75. The summed E-state index contributed by atoms with van der Waals surface area (Å²) in [6.45, 7) is 8.52. The van der Waals surface area contributed by atoms with Crippen molar-refractivity contribution in [2.45, 2.75) is 42.9 Å². The molecule has 22 heavy (non-hydrogen) atoms. The number of alkyl carbamates (subject to hydrolysis) is 1. The van der Waals surface area contributed by atoms with Crippen LogP contribution in [0.3, 0.4) is 0 Å². The second-order valence-corrected chi connectivity index (χ2v) is 7.12. The summed E-state index contributed by atoms with van der Waals surface area (Å²) in [5, 5.41) is 2.40. The molecule has 0 spiro atoms. The number of amides is 1. The molecule has 1 N–H and O–H groups in total. The molecular formula is C14H20INO6. The SMILES string of the molecule is C=CCOC(=O)[C@H](NC(=O)OC(C)(C)C)[C@@H]1C[C@H](I)OC1=O. The summed E-state index contributed by atoms with van der Waals surface area (Å²) in [4.78, 5) is 35.8. The number of ether oxygens (including phenoxy) is 3. The largest absolute Gasteiger partial charge is 0.460 e. The van der Waals surface area contributed by atoms with Gasteiger partial charge in [-0.15, -0.1) is 0 Å². The minimum absolute atomic E-state index is 0.0131. The number of carbonyl (C=O) groups excluding carboxylic acids is 3. The van der Waals surface area contributed by atoms with Crippen molar-refractivity contribution in [1.29, 1.82) is 0 Å². The molecule has 1 aliphatic heterocycles. The molecule has 1 rings (SSSR count). The Hall–Kier alpha value is -1.32. The van der Waals surface area contributed by atoms with Crippen LogP contribution in [0.15, 0.2) is 12.7 Å². The fraction of sp³-hybridized carbons (Fsp3) is 0.643. The Morgan fingerprint density at radius 3 is 2.64 bits per heavy atom. The molecule has 124 valence electrons. The summed E-state index contributed by atoms with van der Waals surface area (Å²) < 4.78 is 14.7. The van der Waals surface area contributed by atoms with Gasteiger partial charge < -0.3 is 19.5 Å². The van der Waals surface area contributed by atoms with Crippen LogP contribution in [-0.2, 0) is 23.8 Å². The van der Waals surface area contributed by atoms with E-state index in [0.29, 0.717) is 6.42 Å². The molecule has 0 aromatic heterocycles. The molecule has 0 aliphatic carbocycles. The monoisotopic (exact) mass is 425 g/mol. The van der Waals surface area contributed by atoms with E-state index in [1.54, 1.807) is 20.8 Å². The third-order valence-electron chi connectivity index (χ3n) is 2.66. The Bertz CT molecular complexity index is 459. The Balaban J connectivity index is 2.82. The second-order valence-electron chi connectivity index (χ2n) is 5.73. The molecule has 1 aliphatic rings. The Morgan fingerprint density at radius 2 is 2.18 bits per heavy atom. The number of nitrogens with one attached hydrogen (secondary N) is 1. The van der Waals surface area contributed by atoms with Crippen LogP contribution >= 0.6 is 22.6 Å². The van der Waals surface area contributed by atoms with E-state index < -0.39 is 35.6 Å². The molecule has 7 nitrogen and oxygen atoms in total. The summed E-state index contributed by atoms with van der Waals surface area (Å²) in [6, 6.07) is -1.15. The van der Waals surface area contributed by atoms with Crippen molar-refractivity contribution in [3.05, 3.63) is 12.7 Å². The number of hydrogen-bond donors (Lipinski definition) is 1. The molecule has 1 saturated heterocycles. The Labute approximate surface area is 142 Å². The predicted octanol–water partition coefficient (Wildman–Crippen LogP) is 1.93. The van der Waals surface area contributed by atoms with Gasteiger partial charge in [-0.05, 0) is 43.4 Å². The first-order valence-corrected chi connectivity index (χ1v) is 8.00. The van der Waals surface area contributed by atoms with E-state index >= 15 is 0 Å². The summed E-state index contributed by atoms with van der Waals surface area (Å²) in [7, 11) is 0. The summed E-state index contributed by atoms with van der Waals surface area (Å²) in [5.74, 6) is -2.07. The average Bonchev–Trinajstić information content (AvgIpc) is 2.70. The van der Waals surface area contributed by atoms with Gasteiger partial charge in [0.1, 0.15) is 18.2 Å². The van der Waals surface area contributed by atoms with E-state index in [4.69, 9.17) is 14.2 Å². The number of cyclic esters (lactones) is 1. The van der Waals surface area contributed by atoms with Crippen LogP contribution in [0.5, 0.6) is 0 Å². The maximum absolute atomic E-state index is 12.1. The van der Waals surface area contributed by atoms with Gasteiger partial charge in [-0.2, -0.15) is 0 Å². The molecule has 0 unspecified atom stereocenters. The van der Waals surface area contributed by atoms with Crippen LogP contribution in [0.1, 0.15) is 27.2 Å². The highest BCUT2D eigenvalue weighted by Gasteiger charge is 2.44. The normalized spacial score (nSPS) is 22.5. The third-order valence-corrected chi connectivity index (χ3v) is 3.42. The Morgan fingerprint density at radius 1 is 1.55 bits per heavy atom. The van der Waals surface area contributed by atoms with Gasteiger partial charge in [0.05, 0.1) is 5.92 Å². The Kier molecular flexibility index (Phi) is 6.64. The first kappa shape index (κ1) is 18.7. The lowest BCUT2D eigenvalue weighted by Crippen LogP contribution is -2.49. The van der Waals surface area contributed by atoms with E-state index in [1.165, 1.54) is 6.08 Å². The first-order chi connectivity index (χ1) is 10.1. The van der Waals surface area contributed by atoms with Gasteiger partial charge in [-0.25, -0.2) is 9.59 Å². The molecular weight excluding hydrogens is 405 g/mol. The van der Waals surface area contributed by atoms with Crippen LogP contribution in [0.4, 0.5) is 4.79 Å². The van der Waals surface area contributed by atoms with Crippen LogP contribution in [-0.4, -0.2) is 40.4 Å². The number of rotatable bonds is 5. The van der Waals surface area contributed by atoms with Crippen molar-refractivity contribution < 1.29 is 28.6 Å². The molecule has 1 heterocycles. The standard InChI is InChI=1S/C14H20INO6/c1-5-6-20-12(18)10(8-7-9(15)21-11(8)17)16-13(19)22-14(2,3)4/h5,8-10H,1,6-7H2,2-4H3,(H,16,19)/t8-,9+,10+/m0/s1. The molecule has 0 bridgehead atoms. The number of hydrogen-bond acceptors (Lipinski definition) is 6. The van der Waals surface area contributed by atoms with Crippen LogP contribution in [0.25, 0.3) is 0 Å². The maximum Gasteiger partial charge on any atom is 0.408 e. The van der Waals surface area contributed by atoms with Crippen molar-refractivity contribution >= 4 is 40.6 Å². The lowest BCUT2D eigenvalue weighted by Gasteiger charge is -2.24. The highest BCUT2D eigenvalue weighted by molar-refractivity contribution is 14.1. The minimum atomic E-state index is -1.15. The zero-order valence-electron chi connectivity index (χ0n) is 12.8. The van der Waals surface area contributed by atoms with Gasteiger partial charge in [-0.3, -0.25) is 4.79 Å². The fourth-order valence-electron chi connectivity index (χ4n) is 1.82. The average molecular weight is 425 g/mol. The lowest BCUT2D eigenvalue weighted by atomic mass is 9.98. The van der Waals surface area contributed by atoms with Crippen molar-refractivity contribution in [2.24, 2.45) is 5.92 Å². The molecule has 0 radical (unpaired) electrons. The third kappa shape index (κ3) is 5.82. The summed E-state index contributed by atoms with van der Waals surface area (Å²) in [5.41, 5.74) is -0.721. The zero-order chi connectivity index (χ0) is 16.9. The van der Waals surface area contributed by atoms with Crippen LogP contribution in [0.2, 0.25) is 0 Å². The highest BCUT2D eigenvalue weighted by Crippen LogP contribution is 2.28. The molecule has 8 heteroatoms. The lowest BCUT2D eigenvalue weighted by molar-refractivity contribution is -0.152. The molecule has 1 amide bonds. The van der Waals surface area contributed by atoms with Gasteiger partial charge in [0, 0.05) is 6.42 Å². The van der Waals surface area contributed by atoms with Crippen molar-refractivity contribution in [1.82, 2.24) is 5.32 Å². The maximum atomic E-state index is 12.1. The van der Waals surface area contributed by atoms with Crippen molar-refractivity contribution in [2.75, 3.05) is 6.61 Å². The quantitative estimate of drug-likeness (QED) is 0.238. The van der Waals surface area contributed by atoms with Crippen LogP contribution < -0.4 is 5.32 Å². The number of halogens is 1.